The van der Waals surface area contributed by atoms with Gasteiger partial charge in [-0.05, 0) is 38.7 Å². The third kappa shape index (κ3) is 4.40. The van der Waals surface area contributed by atoms with Gasteiger partial charge in [-0.3, -0.25) is 9.69 Å². The molecular weight excluding hydrogens is 416 g/mol. The largest absolute Gasteiger partial charge is 0.360 e. The molecule has 0 spiro atoms. The van der Waals surface area contributed by atoms with Gasteiger partial charge in [0.2, 0.25) is 15.9 Å². The highest BCUT2D eigenvalue weighted by atomic mass is 32.2. The van der Waals surface area contributed by atoms with Crippen LogP contribution >= 0.6 is 0 Å². The summed E-state index contributed by atoms with van der Waals surface area (Å²) in [5.41, 5.74) is 1.34. The van der Waals surface area contributed by atoms with E-state index >= 15 is 0 Å². The number of carbonyl (C=O) groups is 1. The summed E-state index contributed by atoms with van der Waals surface area (Å²) < 4.78 is 33.1. The van der Waals surface area contributed by atoms with Gasteiger partial charge in [-0.1, -0.05) is 35.5 Å². The maximum absolute atomic E-state index is 13.4. The lowest BCUT2D eigenvalue weighted by Gasteiger charge is -2.33. The van der Waals surface area contributed by atoms with Gasteiger partial charge in [0.1, 0.15) is 16.6 Å². The van der Waals surface area contributed by atoms with E-state index in [1.54, 1.807) is 13.8 Å². The Morgan fingerprint density at radius 3 is 2.32 bits per heavy atom. The molecule has 0 aliphatic carbocycles. The van der Waals surface area contributed by atoms with Crippen molar-refractivity contribution >= 4 is 15.9 Å². The molecule has 1 unspecified atom stereocenters. The van der Waals surface area contributed by atoms with E-state index in [4.69, 9.17) is 4.52 Å². The van der Waals surface area contributed by atoms with Crippen molar-refractivity contribution in [1.29, 1.82) is 0 Å². The van der Waals surface area contributed by atoms with Crippen LogP contribution in [0.3, 0.4) is 0 Å². The van der Waals surface area contributed by atoms with E-state index in [9.17, 15) is 13.2 Å². The fraction of sp³-hybridized carbons (Fsp3) is 0.545. The number of hydrogen-bond acceptors (Lipinski definition) is 6. The van der Waals surface area contributed by atoms with Crippen LogP contribution in [-0.4, -0.2) is 72.9 Å². The summed E-state index contributed by atoms with van der Waals surface area (Å²) in [6.45, 7) is 6.73. The molecule has 0 radical (unpaired) electrons. The molecular formula is C22H30N4O4S. The van der Waals surface area contributed by atoms with Gasteiger partial charge in [-0.2, -0.15) is 4.31 Å². The number of carbonyl (C=O) groups excluding carboxylic acids is 1. The predicted molar refractivity (Wildman–Crippen MR) is 116 cm³/mol. The molecule has 9 heteroatoms. The first-order valence-electron chi connectivity index (χ1n) is 10.9. The Kier molecular flexibility index (Phi) is 6.45. The van der Waals surface area contributed by atoms with Crippen LogP contribution in [-0.2, 0) is 14.8 Å². The Balaban J connectivity index is 1.57. The topological polar surface area (TPSA) is 87.0 Å². The zero-order valence-electron chi connectivity index (χ0n) is 18.2. The molecule has 8 nitrogen and oxygen atoms in total. The van der Waals surface area contributed by atoms with Crippen molar-refractivity contribution in [3.63, 3.8) is 0 Å². The van der Waals surface area contributed by atoms with Crippen molar-refractivity contribution < 1.29 is 17.7 Å². The first-order chi connectivity index (χ1) is 14.9. The molecule has 2 aliphatic heterocycles. The summed E-state index contributed by atoms with van der Waals surface area (Å²) >= 11 is 0. The van der Waals surface area contributed by atoms with Crippen molar-refractivity contribution in [1.82, 2.24) is 19.3 Å². The number of sulfonamides is 1. The second kappa shape index (κ2) is 9.10. The molecule has 2 saturated heterocycles. The molecule has 168 valence electrons. The van der Waals surface area contributed by atoms with Crippen LogP contribution in [0.15, 0.2) is 39.8 Å². The Hall–Kier alpha value is -2.23. The Bertz CT molecular complexity index is 996. The molecule has 4 rings (SSSR count). The SMILES string of the molecule is Cc1noc(C)c1S(=O)(=O)N1CCCN(C(C(=O)N2CCCC2)c2ccccc2)CC1. The van der Waals surface area contributed by atoms with Crippen molar-refractivity contribution in [2.24, 2.45) is 0 Å². The van der Waals surface area contributed by atoms with E-state index in [0.717, 1.165) is 31.5 Å². The van der Waals surface area contributed by atoms with Gasteiger partial charge in [0.25, 0.3) is 0 Å². The molecule has 1 aromatic heterocycles. The van der Waals surface area contributed by atoms with Crippen LogP contribution in [0, 0.1) is 13.8 Å². The molecule has 2 aliphatic rings. The summed E-state index contributed by atoms with van der Waals surface area (Å²) in [6.07, 6.45) is 2.73. The number of aryl methyl sites for hydroxylation is 2. The van der Waals surface area contributed by atoms with Crippen LogP contribution in [0.4, 0.5) is 0 Å². The fourth-order valence-electron chi connectivity index (χ4n) is 4.64. The lowest BCUT2D eigenvalue weighted by atomic mass is 10.0. The zero-order chi connectivity index (χ0) is 22.0. The van der Waals surface area contributed by atoms with E-state index < -0.39 is 10.0 Å². The minimum atomic E-state index is -3.70. The standard InChI is InChI=1S/C22H30N4O4S/c1-17-21(18(2)30-23-17)31(28,29)26-14-8-13-24(15-16-26)20(19-9-4-3-5-10-19)22(27)25-11-6-7-12-25/h3-5,9-10,20H,6-8,11-16H2,1-2H3. The van der Waals surface area contributed by atoms with Crippen LogP contribution in [0.1, 0.15) is 42.3 Å². The lowest BCUT2D eigenvalue weighted by molar-refractivity contribution is -0.136. The molecule has 0 saturated carbocycles. The number of hydrogen-bond donors (Lipinski definition) is 0. The average molecular weight is 447 g/mol. The van der Waals surface area contributed by atoms with Gasteiger partial charge in [-0.25, -0.2) is 8.42 Å². The minimum Gasteiger partial charge on any atom is -0.360 e. The molecule has 1 atom stereocenters. The third-order valence-corrected chi connectivity index (χ3v) is 8.33. The van der Waals surface area contributed by atoms with E-state index in [1.165, 1.54) is 4.31 Å². The monoisotopic (exact) mass is 446 g/mol. The number of amides is 1. The number of likely N-dealkylation sites (tertiary alicyclic amines) is 1. The van der Waals surface area contributed by atoms with Gasteiger partial charge < -0.3 is 9.42 Å². The predicted octanol–water partition coefficient (Wildman–Crippen LogP) is 2.35. The van der Waals surface area contributed by atoms with Crippen LogP contribution in [0.5, 0.6) is 0 Å². The maximum atomic E-state index is 13.4. The van der Waals surface area contributed by atoms with E-state index in [1.807, 2.05) is 35.2 Å². The number of nitrogens with zero attached hydrogens (tertiary/aromatic N) is 4. The fourth-order valence-corrected chi connectivity index (χ4v) is 6.40. The highest BCUT2D eigenvalue weighted by Gasteiger charge is 2.36. The first kappa shape index (κ1) is 22.0. The second-order valence-corrected chi connectivity index (χ2v) is 10.2. The van der Waals surface area contributed by atoms with Crippen molar-refractivity contribution in [3.05, 3.63) is 47.3 Å². The van der Waals surface area contributed by atoms with Gasteiger partial charge in [0.15, 0.2) is 5.76 Å². The summed E-state index contributed by atoms with van der Waals surface area (Å²) in [6, 6.07) is 9.43. The van der Waals surface area contributed by atoms with Crippen molar-refractivity contribution in [2.75, 3.05) is 39.3 Å². The maximum Gasteiger partial charge on any atom is 0.248 e. The van der Waals surface area contributed by atoms with Crippen molar-refractivity contribution in [3.8, 4) is 0 Å². The minimum absolute atomic E-state index is 0.116. The van der Waals surface area contributed by atoms with E-state index in [2.05, 4.69) is 10.1 Å². The summed E-state index contributed by atoms with van der Waals surface area (Å²) in [5, 5.41) is 3.81. The summed E-state index contributed by atoms with van der Waals surface area (Å²) in [4.78, 5) is 17.7. The number of aromatic nitrogens is 1. The van der Waals surface area contributed by atoms with Crippen molar-refractivity contribution in [2.45, 2.75) is 44.0 Å². The van der Waals surface area contributed by atoms with Crippen LogP contribution in [0.25, 0.3) is 0 Å². The highest BCUT2D eigenvalue weighted by Crippen LogP contribution is 2.29. The molecule has 0 bridgehead atoms. The molecule has 1 amide bonds. The lowest BCUT2D eigenvalue weighted by Crippen LogP contribution is -2.43. The number of rotatable bonds is 5. The molecule has 0 N–H and O–H groups in total. The van der Waals surface area contributed by atoms with Crippen LogP contribution in [0.2, 0.25) is 0 Å². The summed E-state index contributed by atoms with van der Waals surface area (Å²) in [7, 11) is -3.70. The van der Waals surface area contributed by atoms with Gasteiger partial charge >= 0.3 is 0 Å². The molecule has 1 aromatic carbocycles. The Labute approximate surface area is 183 Å². The second-order valence-electron chi connectivity index (χ2n) is 8.29. The normalized spacial score (nSPS) is 20.0. The Morgan fingerprint density at radius 1 is 0.968 bits per heavy atom. The van der Waals surface area contributed by atoms with E-state index in [-0.39, 0.29) is 16.8 Å². The Morgan fingerprint density at radius 2 is 1.68 bits per heavy atom. The van der Waals surface area contributed by atoms with Gasteiger partial charge in [0, 0.05) is 39.3 Å². The molecule has 2 aromatic rings. The molecule has 31 heavy (non-hydrogen) atoms. The zero-order valence-corrected chi connectivity index (χ0v) is 19.0. The molecule has 3 heterocycles. The quantitative estimate of drug-likeness (QED) is 0.701. The number of benzene rings is 1. The average Bonchev–Trinajstić information content (AvgIpc) is 3.33. The van der Waals surface area contributed by atoms with Crippen LogP contribution < -0.4 is 0 Å². The smallest absolute Gasteiger partial charge is 0.248 e. The van der Waals surface area contributed by atoms with E-state index in [0.29, 0.717) is 44.1 Å². The first-order valence-corrected chi connectivity index (χ1v) is 12.3. The summed E-state index contributed by atoms with van der Waals surface area (Å²) in [5.74, 6) is 0.427. The van der Waals surface area contributed by atoms with Gasteiger partial charge in [-0.15, -0.1) is 0 Å². The third-order valence-electron chi connectivity index (χ3n) is 6.19. The van der Waals surface area contributed by atoms with Gasteiger partial charge in [0.05, 0.1) is 0 Å². The molecule has 2 fully saturated rings. The highest BCUT2D eigenvalue weighted by molar-refractivity contribution is 7.89.